The van der Waals surface area contributed by atoms with Crippen molar-refractivity contribution in [3.8, 4) is 0 Å². The molecule has 0 unspecified atom stereocenters. The second kappa shape index (κ2) is 10.7. The molecule has 3 aromatic rings. The highest BCUT2D eigenvalue weighted by Crippen LogP contribution is 2.16. The molecule has 0 spiro atoms. The smallest absolute Gasteiger partial charge is 0.341 e. The summed E-state index contributed by atoms with van der Waals surface area (Å²) in [7, 11) is -2.51. The normalized spacial score (nSPS) is 11.7. The van der Waals surface area contributed by atoms with Gasteiger partial charge in [-0.15, -0.1) is 0 Å². The van der Waals surface area contributed by atoms with E-state index in [9.17, 15) is 9.59 Å². The Morgan fingerprint density at radius 3 is 1.58 bits per heavy atom. The third kappa shape index (κ3) is 5.28. The minimum Gasteiger partial charge on any atom is -0.390 e. The SMILES string of the molecule is CCC=C(C)C(=O)OC(=O)CC[Si](c1ccccc1)(c1ccccc1)c1ccccc1. The molecule has 0 heterocycles. The zero-order valence-electron chi connectivity index (χ0n) is 18.1. The molecule has 3 nitrogen and oxygen atoms in total. The molecule has 0 atom stereocenters. The molecule has 0 aliphatic rings. The first-order chi connectivity index (χ1) is 15.1. The highest BCUT2D eigenvalue weighted by atomic mass is 28.3. The number of allylic oxidation sites excluding steroid dienone is 1. The van der Waals surface area contributed by atoms with E-state index in [0.717, 1.165) is 6.42 Å². The van der Waals surface area contributed by atoms with E-state index in [-0.39, 0.29) is 6.42 Å². The number of benzene rings is 3. The standard InChI is InChI=1S/C27H28O3Si/c1-3-13-22(2)27(29)30-26(28)20-21-31(23-14-7-4-8-15-23,24-16-9-5-10-17-24)25-18-11-6-12-19-25/h4-19H,3,20-21H2,1-2H3. The van der Waals surface area contributed by atoms with Crippen molar-refractivity contribution in [1.82, 2.24) is 0 Å². The number of hydrogen-bond acceptors (Lipinski definition) is 3. The van der Waals surface area contributed by atoms with Gasteiger partial charge < -0.3 is 4.74 Å². The van der Waals surface area contributed by atoms with E-state index in [1.54, 1.807) is 13.0 Å². The molecule has 4 heteroatoms. The van der Waals surface area contributed by atoms with Crippen LogP contribution in [0.1, 0.15) is 26.7 Å². The maximum absolute atomic E-state index is 12.7. The monoisotopic (exact) mass is 428 g/mol. The molecule has 0 fully saturated rings. The Morgan fingerprint density at radius 2 is 1.19 bits per heavy atom. The van der Waals surface area contributed by atoms with Crippen molar-refractivity contribution < 1.29 is 14.3 Å². The maximum atomic E-state index is 12.7. The zero-order valence-corrected chi connectivity index (χ0v) is 19.1. The molecule has 3 rings (SSSR count). The summed E-state index contributed by atoms with van der Waals surface area (Å²) in [4.78, 5) is 24.8. The predicted molar refractivity (Wildman–Crippen MR) is 129 cm³/mol. The summed E-state index contributed by atoms with van der Waals surface area (Å²) < 4.78 is 5.14. The van der Waals surface area contributed by atoms with Gasteiger partial charge in [-0.2, -0.15) is 0 Å². The molecule has 0 aliphatic carbocycles. The first kappa shape index (κ1) is 22.4. The van der Waals surface area contributed by atoms with Gasteiger partial charge in [-0.3, -0.25) is 4.79 Å². The molecule has 0 saturated carbocycles. The summed E-state index contributed by atoms with van der Waals surface area (Å²) in [5, 5.41) is 3.69. The van der Waals surface area contributed by atoms with Gasteiger partial charge in [0.1, 0.15) is 8.07 Å². The van der Waals surface area contributed by atoms with Crippen LogP contribution in [0.25, 0.3) is 0 Å². The minimum absolute atomic E-state index is 0.177. The average molecular weight is 429 g/mol. The van der Waals surface area contributed by atoms with Crippen LogP contribution < -0.4 is 15.6 Å². The molecule has 0 aromatic heterocycles. The van der Waals surface area contributed by atoms with Crippen LogP contribution in [0.5, 0.6) is 0 Å². The van der Waals surface area contributed by atoms with Gasteiger partial charge in [-0.25, -0.2) is 4.79 Å². The van der Waals surface area contributed by atoms with Gasteiger partial charge in [0.2, 0.25) is 0 Å². The quantitative estimate of drug-likeness (QED) is 0.179. The Morgan fingerprint density at radius 1 is 0.774 bits per heavy atom. The summed E-state index contributed by atoms with van der Waals surface area (Å²) in [5.41, 5.74) is 0.466. The summed E-state index contributed by atoms with van der Waals surface area (Å²) in [6.45, 7) is 3.62. The Kier molecular flexibility index (Phi) is 7.74. The first-order valence-electron chi connectivity index (χ1n) is 10.7. The van der Waals surface area contributed by atoms with Gasteiger partial charge in [-0.05, 0) is 34.9 Å². The van der Waals surface area contributed by atoms with Crippen molar-refractivity contribution in [3.63, 3.8) is 0 Å². The largest absolute Gasteiger partial charge is 0.390 e. The Hall–Kier alpha value is -3.24. The van der Waals surface area contributed by atoms with Crippen LogP contribution in [0.2, 0.25) is 6.04 Å². The molecular formula is C27H28O3Si. The lowest BCUT2D eigenvalue weighted by atomic mass is 10.2. The fraction of sp³-hybridized carbons (Fsp3) is 0.185. The molecule has 31 heavy (non-hydrogen) atoms. The van der Waals surface area contributed by atoms with Crippen molar-refractivity contribution in [2.45, 2.75) is 32.7 Å². The fourth-order valence-electron chi connectivity index (χ4n) is 4.02. The van der Waals surface area contributed by atoms with Crippen molar-refractivity contribution in [1.29, 1.82) is 0 Å². The second-order valence-corrected chi connectivity index (χ2v) is 11.6. The van der Waals surface area contributed by atoms with E-state index in [4.69, 9.17) is 4.74 Å². The number of esters is 2. The Bertz CT molecular complexity index is 931. The Labute approximate surface area is 185 Å². The zero-order chi connectivity index (χ0) is 22.1. The van der Waals surface area contributed by atoms with Crippen LogP contribution >= 0.6 is 0 Å². The van der Waals surface area contributed by atoms with Crippen LogP contribution in [-0.2, 0) is 14.3 Å². The van der Waals surface area contributed by atoms with Crippen LogP contribution in [-0.4, -0.2) is 20.0 Å². The van der Waals surface area contributed by atoms with Crippen molar-refractivity contribution in [2.75, 3.05) is 0 Å². The molecule has 0 radical (unpaired) electrons. The predicted octanol–water partition coefficient (Wildman–Crippen LogP) is 3.97. The summed E-state index contributed by atoms with van der Waals surface area (Å²) in [6, 6.07) is 31.8. The van der Waals surface area contributed by atoms with Gasteiger partial charge >= 0.3 is 11.9 Å². The maximum Gasteiger partial charge on any atom is 0.341 e. The minimum atomic E-state index is -2.51. The van der Waals surface area contributed by atoms with Crippen molar-refractivity contribution in [3.05, 3.63) is 103 Å². The van der Waals surface area contributed by atoms with Crippen LogP contribution in [0, 0.1) is 0 Å². The topological polar surface area (TPSA) is 43.4 Å². The lowest BCUT2D eigenvalue weighted by Gasteiger charge is -2.33. The number of ether oxygens (including phenoxy) is 1. The molecule has 0 saturated heterocycles. The van der Waals surface area contributed by atoms with Crippen molar-refractivity contribution in [2.24, 2.45) is 0 Å². The third-order valence-electron chi connectivity index (χ3n) is 5.54. The van der Waals surface area contributed by atoms with E-state index in [2.05, 4.69) is 36.4 Å². The third-order valence-corrected chi connectivity index (χ3v) is 10.5. The fourth-order valence-corrected chi connectivity index (χ4v) is 8.74. The van der Waals surface area contributed by atoms with Gasteiger partial charge in [-0.1, -0.05) is 104 Å². The van der Waals surface area contributed by atoms with Gasteiger partial charge in [0.05, 0.1) is 0 Å². The van der Waals surface area contributed by atoms with E-state index >= 15 is 0 Å². The first-order valence-corrected chi connectivity index (χ1v) is 12.9. The lowest BCUT2D eigenvalue weighted by molar-refractivity contribution is -0.156. The van der Waals surface area contributed by atoms with E-state index in [0.29, 0.717) is 11.6 Å². The molecule has 3 aromatic carbocycles. The van der Waals surface area contributed by atoms with Crippen LogP contribution in [0.4, 0.5) is 0 Å². The highest BCUT2D eigenvalue weighted by molar-refractivity contribution is 7.11. The molecular weight excluding hydrogens is 400 g/mol. The van der Waals surface area contributed by atoms with Gasteiger partial charge in [0.25, 0.3) is 0 Å². The van der Waals surface area contributed by atoms with Gasteiger partial charge in [0, 0.05) is 12.0 Å². The number of carbonyl (C=O) groups excluding carboxylic acids is 2. The van der Waals surface area contributed by atoms with E-state index in [1.165, 1.54) is 15.6 Å². The van der Waals surface area contributed by atoms with E-state index < -0.39 is 20.0 Å². The molecule has 0 aliphatic heterocycles. The second-order valence-electron chi connectivity index (χ2n) is 7.56. The lowest BCUT2D eigenvalue weighted by Crippen LogP contribution is -2.67. The number of hydrogen-bond donors (Lipinski definition) is 0. The molecule has 0 amide bonds. The number of rotatable bonds is 8. The average Bonchev–Trinajstić information content (AvgIpc) is 2.82. The molecule has 0 bridgehead atoms. The Balaban J connectivity index is 2.00. The highest BCUT2D eigenvalue weighted by Gasteiger charge is 2.39. The summed E-state index contributed by atoms with van der Waals surface area (Å²) in [5.74, 6) is -1.04. The van der Waals surface area contributed by atoms with Gasteiger partial charge in [0.15, 0.2) is 0 Å². The van der Waals surface area contributed by atoms with Crippen LogP contribution in [0.15, 0.2) is 103 Å². The summed E-state index contributed by atoms with van der Waals surface area (Å²) in [6.07, 6.45) is 2.67. The van der Waals surface area contributed by atoms with Crippen LogP contribution in [0.3, 0.4) is 0 Å². The van der Waals surface area contributed by atoms with Crippen molar-refractivity contribution >= 4 is 35.6 Å². The molecule has 158 valence electrons. The summed E-state index contributed by atoms with van der Waals surface area (Å²) >= 11 is 0. The molecule has 0 N–H and O–H groups in total. The number of carbonyl (C=O) groups is 2. The van der Waals surface area contributed by atoms with E-state index in [1.807, 2.05) is 61.5 Å².